The molecule has 2 aromatic rings. The van der Waals surface area contributed by atoms with Crippen LogP contribution in [0.4, 0.5) is 0 Å². The highest BCUT2D eigenvalue weighted by molar-refractivity contribution is 5.81. The van der Waals surface area contributed by atoms with Gasteiger partial charge < -0.3 is 9.47 Å². The number of aromatic nitrogens is 2. The van der Waals surface area contributed by atoms with E-state index in [1.807, 2.05) is 6.92 Å². The fourth-order valence-electron chi connectivity index (χ4n) is 1.74. The quantitative estimate of drug-likeness (QED) is 0.802. The van der Waals surface area contributed by atoms with Gasteiger partial charge >= 0.3 is 0 Å². The van der Waals surface area contributed by atoms with Gasteiger partial charge in [-0.2, -0.15) is 5.10 Å². The van der Waals surface area contributed by atoms with Crippen LogP contribution in [0.25, 0.3) is 10.9 Å². The van der Waals surface area contributed by atoms with E-state index in [0.717, 1.165) is 5.52 Å². The largest absolute Gasteiger partial charge is 0.493 e. The highest BCUT2D eigenvalue weighted by Crippen LogP contribution is 2.29. The Bertz CT molecular complexity index is 604. The van der Waals surface area contributed by atoms with Gasteiger partial charge in [-0.15, -0.1) is 4.68 Å². The molecule has 0 fully saturated rings. The van der Waals surface area contributed by atoms with E-state index in [4.69, 9.17) is 9.47 Å². The molecule has 0 aliphatic heterocycles. The molecule has 0 bridgehead atoms. The van der Waals surface area contributed by atoms with Crippen LogP contribution in [-0.2, 0) is 6.54 Å². The van der Waals surface area contributed by atoms with Crippen molar-refractivity contribution in [3.8, 4) is 11.5 Å². The van der Waals surface area contributed by atoms with Crippen molar-refractivity contribution in [3.05, 3.63) is 28.6 Å². The summed E-state index contributed by atoms with van der Waals surface area (Å²) in [5, 5.41) is 3.71. The van der Waals surface area contributed by atoms with Crippen LogP contribution in [-0.4, -0.2) is 19.3 Å². The molecule has 1 N–H and O–H groups in total. The van der Waals surface area contributed by atoms with E-state index in [0.29, 0.717) is 23.4 Å². The second-order valence-corrected chi connectivity index (χ2v) is 3.64. The van der Waals surface area contributed by atoms with Gasteiger partial charge in [0, 0.05) is 6.07 Å². The Kier molecular flexibility index (Phi) is 2.99. The maximum atomic E-state index is 11.9. The molecule has 0 aliphatic carbocycles. The lowest BCUT2D eigenvalue weighted by Crippen LogP contribution is -2.39. The Morgan fingerprint density at radius 1 is 1.24 bits per heavy atom. The predicted octanol–water partition coefficient (Wildman–Crippen LogP) is 0.853. The summed E-state index contributed by atoms with van der Waals surface area (Å²) >= 11 is 0. The van der Waals surface area contributed by atoms with Crippen LogP contribution in [0.2, 0.25) is 0 Å². The fraction of sp³-hybridized carbons (Fsp3) is 0.333. The van der Waals surface area contributed by atoms with Gasteiger partial charge in [0.1, 0.15) is 5.52 Å². The van der Waals surface area contributed by atoms with Crippen molar-refractivity contribution in [2.24, 2.45) is 0 Å². The number of fused-ring (bicyclic) bond motifs is 1. The van der Waals surface area contributed by atoms with Gasteiger partial charge in [0.25, 0.3) is 5.43 Å². The summed E-state index contributed by atoms with van der Waals surface area (Å²) in [5.41, 5.74) is 0.693. The number of benzene rings is 1. The number of hydrogen-bond acceptors (Lipinski definition) is 3. The van der Waals surface area contributed by atoms with Crippen molar-refractivity contribution >= 4 is 10.9 Å². The minimum Gasteiger partial charge on any atom is -0.493 e. The van der Waals surface area contributed by atoms with Gasteiger partial charge in [0.2, 0.25) is 6.20 Å². The third-order valence-electron chi connectivity index (χ3n) is 2.67. The van der Waals surface area contributed by atoms with Gasteiger partial charge in [0.05, 0.1) is 19.6 Å². The second kappa shape index (κ2) is 4.45. The smallest absolute Gasteiger partial charge is 0.253 e. The highest BCUT2D eigenvalue weighted by Gasteiger charge is 2.12. The van der Waals surface area contributed by atoms with E-state index in [1.54, 1.807) is 31.0 Å². The summed E-state index contributed by atoms with van der Waals surface area (Å²) in [7, 11) is 3.12. The standard InChI is InChI=1S/C12H14N2O3/c1-4-14-7-10(15)8-5-11(16-2)12(17-3)6-9(8)13-14/h5-7H,4H2,1-3H3/p+1. The first-order chi connectivity index (χ1) is 8.19. The second-order valence-electron chi connectivity index (χ2n) is 3.64. The topological polar surface area (TPSA) is 55.2 Å². The van der Waals surface area contributed by atoms with Crippen LogP contribution in [0.3, 0.4) is 0 Å². The number of nitrogens with zero attached hydrogens (tertiary/aromatic N) is 1. The van der Waals surface area contributed by atoms with Crippen LogP contribution < -0.4 is 19.6 Å². The molecule has 0 atom stereocenters. The molecule has 1 heterocycles. The number of rotatable bonds is 3. The van der Waals surface area contributed by atoms with Crippen LogP contribution in [0.15, 0.2) is 23.1 Å². The molecule has 2 rings (SSSR count). The number of aryl methyl sites for hydroxylation is 1. The Labute approximate surface area is 98.6 Å². The SMILES string of the molecule is CC[n+]1cc(=O)c2cc(OC)c(OC)cc2[nH]1. The van der Waals surface area contributed by atoms with Gasteiger partial charge in [-0.1, -0.05) is 0 Å². The normalized spacial score (nSPS) is 10.5. The molecule has 0 unspecified atom stereocenters. The molecule has 0 aliphatic rings. The molecular weight excluding hydrogens is 220 g/mol. The van der Waals surface area contributed by atoms with E-state index in [2.05, 4.69) is 5.10 Å². The first kappa shape index (κ1) is 11.4. The van der Waals surface area contributed by atoms with E-state index >= 15 is 0 Å². The minimum atomic E-state index is -0.0402. The first-order valence-electron chi connectivity index (χ1n) is 5.38. The summed E-state index contributed by atoms with van der Waals surface area (Å²) in [6, 6.07) is 3.45. The number of hydrogen-bond donors (Lipinski definition) is 1. The van der Waals surface area contributed by atoms with Gasteiger partial charge in [-0.25, -0.2) is 0 Å². The van der Waals surface area contributed by atoms with Crippen molar-refractivity contribution in [1.82, 2.24) is 5.10 Å². The summed E-state index contributed by atoms with van der Waals surface area (Å²) in [4.78, 5) is 11.9. The van der Waals surface area contributed by atoms with E-state index in [-0.39, 0.29) is 5.43 Å². The van der Waals surface area contributed by atoms with Crippen LogP contribution in [0, 0.1) is 0 Å². The maximum Gasteiger partial charge on any atom is 0.253 e. The number of nitrogens with one attached hydrogen (secondary N) is 1. The average Bonchev–Trinajstić information content (AvgIpc) is 2.36. The zero-order chi connectivity index (χ0) is 12.4. The molecule has 17 heavy (non-hydrogen) atoms. The summed E-state index contributed by atoms with van der Waals surface area (Å²) in [6.07, 6.45) is 1.54. The lowest BCUT2D eigenvalue weighted by atomic mass is 10.2. The van der Waals surface area contributed by atoms with Gasteiger partial charge in [0.15, 0.2) is 18.0 Å². The summed E-state index contributed by atoms with van der Waals surface area (Å²) < 4.78 is 12.1. The van der Waals surface area contributed by atoms with Crippen molar-refractivity contribution in [2.75, 3.05) is 14.2 Å². The van der Waals surface area contributed by atoms with Crippen molar-refractivity contribution in [1.29, 1.82) is 0 Å². The molecule has 0 radical (unpaired) electrons. The lowest BCUT2D eigenvalue weighted by Gasteiger charge is -2.07. The zero-order valence-corrected chi connectivity index (χ0v) is 10.1. The van der Waals surface area contributed by atoms with Crippen molar-refractivity contribution in [3.63, 3.8) is 0 Å². The van der Waals surface area contributed by atoms with Crippen molar-refractivity contribution < 1.29 is 14.2 Å². The summed E-state index contributed by atoms with van der Waals surface area (Å²) in [6.45, 7) is 2.67. The number of ether oxygens (including phenoxy) is 2. The van der Waals surface area contributed by atoms with Crippen LogP contribution >= 0.6 is 0 Å². The van der Waals surface area contributed by atoms with E-state index in [9.17, 15) is 4.79 Å². The van der Waals surface area contributed by atoms with Crippen molar-refractivity contribution in [2.45, 2.75) is 13.5 Å². The van der Waals surface area contributed by atoms with Gasteiger partial charge in [-0.3, -0.25) is 4.79 Å². The Hall–Kier alpha value is -2.04. The molecule has 5 nitrogen and oxygen atoms in total. The lowest BCUT2D eigenvalue weighted by molar-refractivity contribution is -0.749. The Morgan fingerprint density at radius 3 is 2.47 bits per heavy atom. The number of H-pyrrole nitrogens is 1. The highest BCUT2D eigenvalue weighted by atomic mass is 16.5. The van der Waals surface area contributed by atoms with Crippen LogP contribution in [0.5, 0.6) is 11.5 Å². The molecule has 0 saturated carbocycles. The molecule has 1 aromatic carbocycles. The zero-order valence-electron chi connectivity index (χ0n) is 10.1. The average molecular weight is 235 g/mol. The van der Waals surface area contributed by atoms with E-state index in [1.165, 1.54) is 6.20 Å². The maximum absolute atomic E-state index is 11.9. The molecule has 5 heteroatoms. The molecule has 0 amide bonds. The fourth-order valence-corrected chi connectivity index (χ4v) is 1.74. The molecule has 0 saturated heterocycles. The molecular formula is C12H15N2O3+. The Morgan fingerprint density at radius 2 is 1.88 bits per heavy atom. The van der Waals surface area contributed by atoms with E-state index < -0.39 is 0 Å². The van der Waals surface area contributed by atoms with Crippen LogP contribution in [0.1, 0.15) is 6.92 Å². The predicted molar refractivity (Wildman–Crippen MR) is 63.5 cm³/mol. The number of methoxy groups -OCH3 is 2. The monoisotopic (exact) mass is 235 g/mol. The summed E-state index contributed by atoms with van der Waals surface area (Å²) in [5.74, 6) is 1.16. The molecule has 90 valence electrons. The third-order valence-corrected chi connectivity index (χ3v) is 2.67. The first-order valence-corrected chi connectivity index (χ1v) is 5.38. The van der Waals surface area contributed by atoms with Gasteiger partial charge in [-0.05, 0) is 13.0 Å². The molecule has 0 spiro atoms. The number of aromatic amines is 1. The third kappa shape index (κ3) is 1.95. The Balaban J connectivity index is 2.78. The minimum absolute atomic E-state index is 0.0402. The molecule has 1 aromatic heterocycles.